The van der Waals surface area contributed by atoms with Crippen LogP contribution in [0.5, 0.6) is 0 Å². The van der Waals surface area contributed by atoms with E-state index in [1.165, 1.54) is 0 Å². The summed E-state index contributed by atoms with van der Waals surface area (Å²) in [6, 6.07) is 0. The Hall–Kier alpha value is -1.09. The third kappa shape index (κ3) is 2.17. The Balaban J connectivity index is 2.02. The third-order valence-electron chi connectivity index (χ3n) is 6.16. The van der Waals surface area contributed by atoms with Crippen LogP contribution in [0.1, 0.15) is 38.5 Å². The van der Waals surface area contributed by atoms with Gasteiger partial charge in [-0.05, 0) is 56.3 Å². The first kappa shape index (κ1) is 18.7. The molecule has 2 nitrogen and oxygen atoms in total. The minimum atomic E-state index is -6.72. The zero-order valence-electron chi connectivity index (χ0n) is 12.9. The summed E-state index contributed by atoms with van der Waals surface area (Å²) >= 11 is 0. The second-order valence-corrected chi connectivity index (χ2v) is 7.80. The Morgan fingerprint density at radius 3 is 1.44 bits per heavy atom. The Labute approximate surface area is 137 Å². The summed E-state index contributed by atoms with van der Waals surface area (Å²) in [5.41, 5.74) is -2.50. The van der Waals surface area contributed by atoms with Crippen molar-refractivity contribution in [3.8, 4) is 0 Å². The van der Waals surface area contributed by atoms with Crippen LogP contribution < -0.4 is 0 Å². The van der Waals surface area contributed by atoms with E-state index in [-0.39, 0.29) is 17.8 Å². The molecule has 0 aromatic carbocycles. The van der Waals surface area contributed by atoms with Crippen molar-refractivity contribution in [1.82, 2.24) is 0 Å². The van der Waals surface area contributed by atoms with E-state index in [0.29, 0.717) is 19.3 Å². The Morgan fingerprint density at radius 2 is 1.12 bits per heavy atom. The summed E-state index contributed by atoms with van der Waals surface area (Å²) in [6.45, 7) is 0. The van der Waals surface area contributed by atoms with Gasteiger partial charge in [0, 0.05) is 5.41 Å². The highest BCUT2D eigenvalue weighted by Crippen LogP contribution is 2.69. The highest BCUT2D eigenvalue weighted by atomic mass is 19.4. The summed E-state index contributed by atoms with van der Waals surface area (Å²) in [5, 5.41) is 8.13. The molecule has 0 aliphatic heterocycles. The lowest BCUT2D eigenvalue weighted by Crippen LogP contribution is -2.70. The average molecular weight is 380 g/mol. The quantitative estimate of drug-likeness (QED) is 0.694. The van der Waals surface area contributed by atoms with E-state index in [1.807, 2.05) is 0 Å². The molecule has 10 heteroatoms. The summed E-state index contributed by atoms with van der Waals surface area (Å²) in [6.07, 6.45) is 0.330. The van der Waals surface area contributed by atoms with Crippen LogP contribution in [0.15, 0.2) is 0 Å². The molecule has 0 spiro atoms. The molecule has 4 aliphatic carbocycles. The molecular weight excluding hydrogens is 364 g/mol. The fraction of sp³-hybridized carbons (Fsp3) is 0.933. The molecule has 0 heterocycles. The Bertz CT molecular complexity index is 551. The molecule has 4 bridgehead atoms. The number of rotatable bonds is 5. The lowest BCUT2D eigenvalue weighted by atomic mass is 9.47. The maximum Gasteiger partial charge on any atom is 0.410 e. The largest absolute Gasteiger partial charge is 0.477 e. The molecule has 0 aromatic heterocycles. The molecule has 0 amide bonds. The summed E-state index contributed by atoms with van der Waals surface area (Å²) in [5.74, 6) is -29.5. The van der Waals surface area contributed by atoms with Crippen LogP contribution in [0.2, 0.25) is 0 Å². The molecule has 25 heavy (non-hydrogen) atoms. The minimum absolute atomic E-state index is 0.318. The molecule has 4 saturated carbocycles. The van der Waals surface area contributed by atoms with Gasteiger partial charge in [0.15, 0.2) is 0 Å². The fourth-order valence-electron chi connectivity index (χ4n) is 5.36. The van der Waals surface area contributed by atoms with Gasteiger partial charge in [-0.25, -0.2) is 4.79 Å². The van der Waals surface area contributed by atoms with E-state index in [1.54, 1.807) is 0 Å². The summed E-state index contributed by atoms with van der Waals surface area (Å²) in [4.78, 5) is 10.3. The molecule has 1 N–H and O–H groups in total. The number of carboxylic acids is 1. The molecule has 0 aromatic rings. The normalized spacial score (nSPS) is 35.9. The number of carbonyl (C=O) groups is 1. The van der Waals surface area contributed by atoms with E-state index in [2.05, 4.69) is 0 Å². The number of carboxylic acid groups (broad SMARTS) is 1. The average Bonchev–Trinajstić information content (AvgIpc) is 2.44. The van der Waals surface area contributed by atoms with Crippen molar-refractivity contribution in [3.63, 3.8) is 0 Å². The Morgan fingerprint density at radius 1 is 0.760 bits per heavy atom. The highest BCUT2D eigenvalue weighted by molar-refractivity contribution is 5.77. The van der Waals surface area contributed by atoms with E-state index >= 15 is 0 Å². The molecular formula is C15H16F8O2. The van der Waals surface area contributed by atoms with Crippen molar-refractivity contribution >= 4 is 5.97 Å². The van der Waals surface area contributed by atoms with Gasteiger partial charge in [-0.2, -0.15) is 35.1 Å². The first-order valence-electron chi connectivity index (χ1n) is 7.92. The van der Waals surface area contributed by atoms with Crippen LogP contribution in [0.25, 0.3) is 0 Å². The van der Waals surface area contributed by atoms with Gasteiger partial charge < -0.3 is 5.11 Å². The number of halogens is 8. The van der Waals surface area contributed by atoms with Crippen molar-refractivity contribution in [2.45, 2.75) is 62.2 Å². The van der Waals surface area contributed by atoms with Gasteiger partial charge in [0.1, 0.15) is 0 Å². The van der Waals surface area contributed by atoms with Crippen LogP contribution >= 0.6 is 0 Å². The zero-order chi connectivity index (χ0) is 19.1. The second-order valence-electron chi connectivity index (χ2n) is 7.80. The van der Waals surface area contributed by atoms with E-state index < -0.39 is 54.3 Å². The number of aliphatic carboxylic acids is 1. The van der Waals surface area contributed by atoms with Crippen molar-refractivity contribution in [2.75, 3.05) is 0 Å². The first-order chi connectivity index (χ1) is 11.2. The maximum absolute atomic E-state index is 14.7. The number of alkyl halides is 8. The first-order valence-corrected chi connectivity index (χ1v) is 7.92. The molecule has 0 radical (unpaired) electrons. The SMILES string of the molecule is O=C(O)C(F)(F)C(F)(F)C(F)(F)C(F)(F)C12CC3CC(CC(C3)C1)C2. The smallest absolute Gasteiger partial charge is 0.410 e. The second kappa shape index (κ2) is 5.00. The molecule has 144 valence electrons. The van der Waals surface area contributed by atoms with Crippen LogP contribution in [0.4, 0.5) is 35.1 Å². The van der Waals surface area contributed by atoms with Crippen LogP contribution in [-0.4, -0.2) is 34.8 Å². The minimum Gasteiger partial charge on any atom is -0.477 e. The monoisotopic (exact) mass is 380 g/mol. The van der Waals surface area contributed by atoms with Crippen molar-refractivity contribution in [3.05, 3.63) is 0 Å². The maximum atomic E-state index is 14.7. The zero-order valence-corrected chi connectivity index (χ0v) is 12.9. The summed E-state index contributed by atoms with van der Waals surface area (Å²) < 4.78 is 111. The Kier molecular flexibility index (Phi) is 3.74. The lowest BCUT2D eigenvalue weighted by Gasteiger charge is -2.60. The van der Waals surface area contributed by atoms with E-state index in [0.717, 1.165) is 0 Å². The van der Waals surface area contributed by atoms with Gasteiger partial charge in [0.25, 0.3) is 0 Å². The van der Waals surface area contributed by atoms with Gasteiger partial charge in [-0.15, -0.1) is 0 Å². The molecule has 4 fully saturated rings. The van der Waals surface area contributed by atoms with E-state index in [4.69, 9.17) is 5.11 Å². The van der Waals surface area contributed by atoms with Crippen LogP contribution in [0, 0.1) is 23.2 Å². The molecule has 0 atom stereocenters. The number of hydrogen-bond acceptors (Lipinski definition) is 1. The molecule has 0 unspecified atom stereocenters. The van der Waals surface area contributed by atoms with Gasteiger partial charge in [-0.3, -0.25) is 0 Å². The van der Waals surface area contributed by atoms with Gasteiger partial charge >= 0.3 is 29.7 Å². The standard InChI is InChI=1S/C15H16F8O2/c16-12(17,10(24)25)14(20,21)15(22,23)13(18,19)11-4-7-1-8(5-11)3-9(2-7)6-11/h7-9H,1-6H2,(H,24,25). The van der Waals surface area contributed by atoms with Gasteiger partial charge in [0.2, 0.25) is 0 Å². The topological polar surface area (TPSA) is 37.3 Å². The van der Waals surface area contributed by atoms with Gasteiger partial charge in [0.05, 0.1) is 0 Å². The van der Waals surface area contributed by atoms with E-state index in [9.17, 15) is 39.9 Å². The predicted octanol–water partition coefficient (Wildman–Crippen LogP) is 4.83. The van der Waals surface area contributed by atoms with Crippen molar-refractivity contribution < 1.29 is 45.0 Å². The van der Waals surface area contributed by atoms with Crippen molar-refractivity contribution in [1.29, 1.82) is 0 Å². The highest BCUT2D eigenvalue weighted by Gasteiger charge is 2.86. The molecule has 0 saturated heterocycles. The van der Waals surface area contributed by atoms with Crippen LogP contribution in [0.3, 0.4) is 0 Å². The number of hydrogen-bond donors (Lipinski definition) is 1. The lowest BCUT2D eigenvalue weighted by molar-refractivity contribution is -0.392. The van der Waals surface area contributed by atoms with Gasteiger partial charge in [-0.1, -0.05) is 0 Å². The predicted molar refractivity (Wildman–Crippen MR) is 68.0 cm³/mol. The molecule has 4 rings (SSSR count). The third-order valence-corrected chi connectivity index (χ3v) is 6.16. The van der Waals surface area contributed by atoms with Crippen LogP contribution in [-0.2, 0) is 4.79 Å². The molecule has 4 aliphatic rings. The van der Waals surface area contributed by atoms with Crippen molar-refractivity contribution in [2.24, 2.45) is 23.2 Å². The fourth-order valence-corrected chi connectivity index (χ4v) is 5.36. The summed E-state index contributed by atoms with van der Waals surface area (Å²) in [7, 11) is 0.